The highest BCUT2D eigenvalue weighted by molar-refractivity contribution is 5.92. The molecule has 0 heterocycles. The molecule has 0 saturated carbocycles. The number of carbonyl (C=O) groups is 1. The van der Waals surface area contributed by atoms with Crippen LogP contribution in [0, 0.1) is 40.9 Å². The predicted octanol–water partition coefficient (Wildman–Crippen LogP) is 7.13. The standard InChI is InChI=1S/C25H14F8O2/c1-2-3-13-4-5-16(18(26)8-13)14-9-21(29)23(22(30)10-14)24(34)35-15-11-19(27)17(20(28)12-15)6-7-25(31,32)33/h4-5,8-12H,2-3H2,1H3. The Morgan fingerprint density at radius 2 is 1.46 bits per heavy atom. The normalized spacial score (nSPS) is 11.1. The number of hydrogen-bond donors (Lipinski definition) is 0. The Morgan fingerprint density at radius 1 is 0.857 bits per heavy atom. The van der Waals surface area contributed by atoms with E-state index in [9.17, 15) is 39.9 Å². The molecule has 0 aliphatic heterocycles. The molecule has 0 radical (unpaired) electrons. The van der Waals surface area contributed by atoms with Crippen LogP contribution in [0.2, 0.25) is 0 Å². The molecule has 0 aliphatic carbocycles. The molecule has 0 saturated heterocycles. The Morgan fingerprint density at radius 3 is 1.97 bits per heavy atom. The van der Waals surface area contributed by atoms with Crippen LogP contribution >= 0.6 is 0 Å². The van der Waals surface area contributed by atoms with Crippen molar-refractivity contribution in [3.05, 3.63) is 88.2 Å². The van der Waals surface area contributed by atoms with Gasteiger partial charge in [0.05, 0.1) is 5.56 Å². The highest BCUT2D eigenvalue weighted by atomic mass is 19.4. The number of carbonyl (C=O) groups excluding carboxylic acids is 1. The van der Waals surface area contributed by atoms with Gasteiger partial charge in [-0.15, -0.1) is 0 Å². The van der Waals surface area contributed by atoms with Crippen molar-refractivity contribution in [2.24, 2.45) is 0 Å². The van der Waals surface area contributed by atoms with Gasteiger partial charge >= 0.3 is 12.1 Å². The number of rotatable bonds is 5. The fourth-order valence-corrected chi connectivity index (χ4v) is 3.18. The molecule has 3 aromatic carbocycles. The van der Waals surface area contributed by atoms with Crippen LogP contribution < -0.4 is 4.74 Å². The van der Waals surface area contributed by atoms with Crippen molar-refractivity contribution in [2.75, 3.05) is 0 Å². The number of aryl methyl sites for hydroxylation is 1. The molecule has 10 heteroatoms. The topological polar surface area (TPSA) is 26.3 Å². The minimum absolute atomic E-state index is 0.123. The second kappa shape index (κ2) is 10.2. The Bertz CT molecular complexity index is 1300. The molecule has 182 valence electrons. The average Bonchev–Trinajstić information content (AvgIpc) is 2.72. The first-order valence-electron chi connectivity index (χ1n) is 9.98. The van der Waals surface area contributed by atoms with Crippen LogP contribution in [0.15, 0.2) is 42.5 Å². The molecule has 0 unspecified atom stereocenters. The van der Waals surface area contributed by atoms with Crippen LogP contribution in [0.3, 0.4) is 0 Å². The smallest absolute Gasteiger partial charge is 0.423 e. The van der Waals surface area contributed by atoms with E-state index in [1.807, 2.05) is 6.92 Å². The predicted molar refractivity (Wildman–Crippen MR) is 110 cm³/mol. The molecule has 0 aliphatic rings. The van der Waals surface area contributed by atoms with E-state index in [2.05, 4.69) is 4.74 Å². The third-order valence-corrected chi connectivity index (χ3v) is 4.68. The molecule has 2 nitrogen and oxygen atoms in total. The summed E-state index contributed by atoms with van der Waals surface area (Å²) < 4.78 is 113. The first kappa shape index (κ1) is 25.7. The van der Waals surface area contributed by atoms with Gasteiger partial charge in [-0.3, -0.25) is 0 Å². The lowest BCUT2D eigenvalue weighted by molar-refractivity contribution is -0.0696. The summed E-state index contributed by atoms with van der Waals surface area (Å²) >= 11 is 0. The monoisotopic (exact) mass is 498 g/mol. The number of benzene rings is 3. The molecule has 0 aromatic heterocycles. The zero-order chi connectivity index (χ0) is 25.9. The maximum absolute atomic E-state index is 14.6. The van der Waals surface area contributed by atoms with Crippen molar-refractivity contribution in [3.8, 4) is 28.7 Å². The summed E-state index contributed by atoms with van der Waals surface area (Å²) in [5.74, 6) is -7.38. The van der Waals surface area contributed by atoms with Gasteiger partial charge < -0.3 is 4.74 Å². The maximum atomic E-state index is 14.6. The van der Waals surface area contributed by atoms with E-state index in [-0.39, 0.29) is 11.1 Å². The van der Waals surface area contributed by atoms with Crippen LogP contribution in [0.25, 0.3) is 11.1 Å². The summed E-state index contributed by atoms with van der Waals surface area (Å²) in [6, 6.07) is 6.19. The average molecular weight is 498 g/mol. The second-order valence-electron chi connectivity index (χ2n) is 7.28. The summed E-state index contributed by atoms with van der Waals surface area (Å²) in [5.41, 5.74) is -2.11. The van der Waals surface area contributed by atoms with E-state index in [0.29, 0.717) is 42.2 Å². The van der Waals surface area contributed by atoms with Crippen molar-refractivity contribution < 1.29 is 44.7 Å². The fraction of sp³-hybridized carbons (Fsp3) is 0.160. The Hall–Kier alpha value is -3.87. The van der Waals surface area contributed by atoms with Crippen molar-refractivity contribution in [1.82, 2.24) is 0 Å². The highest BCUT2D eigenvalue weighted by Crippen LogP contribution is 2.29. The van der Waals surface area contributed by atoms with Gasteiger partial charge in [0.2, 0.25) is 0 Å². The van der Waals surface area contributed by atoms with Crippen molar-refractivity contribution in [2.45, 2.75) is 25.9 Å². The van der Waals surface area contributed by atoms with Gasteiger partial charge in [-0.25, -0.2) is 26.7 Å². The van der Waals surface area contributed by atoms with Crippen molar-refractivity contribution >= 4 is 5.97 Å². The van der Waals surface area contributed by atoms with Gasteiger partial charge in [-0.1, -0.05) is 31.4 Å². The number of esters is 1. The second-order valence-corrected chi connectivity index (χ2v) is 7.28. The minimum Gasteiger partial charge on any atom is -0.423 e. The quantitative estimate of drug-likeness (QED) is 0.162. The lowest BCUT2D eigenvalue weighted by Crippen LogP contribution is -2.14. The van der Waals surface area contributed by atoms with Gasteiger partial charge in [0.15, 0.2) is 0 Å². The molecule has 3 rings (SSSR count). The molecular formula is C25H14F8O2. The van der Waals surface area contributed by atoms with Crippen molar-refractivity contribution in [3.63, 3.8) is 0 Å². The molecular weight excluding hydrogens is 484 g/mol. The van der Waals surface area contributed by atoms with E-state index in [1.165, 1.54) is 18.1 Å². The van der Waals surface area contributed by atoms with Crippen LogP contribution in [0.4, 0.5) is 35.1 Å². The molecule has 0 amide bonds. The zero-order valence-electron chi connectivity index (χ0n) is 17.8. The van der Waals surface area contributed by atoms with E-state index in [0.717, 1.165) is 6.42 Å². The molecule has 0 atom stereocenters. The maximum Gasteiger partial charge on any atom is 0.458 e. The van der Waals surface area contributed by atoms with Crippen LogP contribution in [-0.4, -0.2) is 12.1 Å². The Kier molecular flexibility index (Phi) is 7.48. The van der Waals surface area contributed by atoms with Gasteiger partial charge in [0.1, 0.15) is 40.4 Å². The first-order chi connectivity index (χ1) is 16.4. The molecule has 3 aromatic rings. The summed E-state index contributed by atoms with van der Waals surface area (Å²) in [6.45, 7) is 1.90. The largest absolute Gasteiger partial charge is 0.458 e. The third-order valence-electron chi connectivity index (χ3n) is 4.68. The summed E-state index contributed by atoms with van der Waals surface area (Å²) in [7, 11) is 0. The number of ether oxygens (including phenoxy) is 1. The third kappa shape index (κ3) is 6.18. The van der Waals surface area contributed by atoms with Crippen molar-refractivity contribution in [1.29, 1.82) is 0 Å². The highest BCUT2D eigenvalue weighted by Gasteiger charge is 2.25. The minimum atomic E-state index is -5.01. The van der Waals surface area contributed by atoms with Gasteiger partial charge in [0.25, 0.3) is 0 Å². The van der Waals surface area contributed by atoms with E-state index < -0.39 is 58.1 Å². The van der Waals surface area contributed by atoms with E-state index >= 15 is 0 Å². The Balaban J connectivity index is 1.89. The summed E-state index contributed by atoms with van der Waals surface area (Å²) in [6.07, 6.45) is -3.65. The molecule has 35 heavy (non-hydrogen) atoms. The number of halogens is 8. The molecule has 0 bridgehead atoms. The Labute approximate surface area is 194 Å². The van der Waals surface area contributed by atoms with Gasteiger partial charge in [-0.05, 0) is 35.7 Å². The van der Waals surface area contributed by atoms with Crippen LogP contribution in [0.5, 0.6) is 5.75 Å². The SMILES string of the molecule is CCCc1ccc(-c2cc(F)c(C(=O)Oc3cc(F)c(C#CC(F)(F)F)c(F)c3)c(F)c2)c(F)c1. The van der Waals surface area contributed by atoms with Crippen LogP contribution in [0.1, 0.15) is 34.8 Å². The first-order valence-corrected chi connectivity index (χ1v) is 9.98. The number of alkyl halides is 3. The van der Waals surface area contributed by atoms with Gasteiger partial charge in [-0.2, -0.15) is 13.2 Å². The lowest BCUT2D eigenvalue weighted by Gasteiger charge is -2.11. The van der Waals surface area contributed by atoms with E-state index in [4.69, 9.17) is 0 Å². The van der Waals surface area contributed by atoms with Crippen LogP contribution in [-0.2, 0) is 6.42 Å². The molecule has 0 N–H and O–H groups in total. The summed E-state index contributed by atoms with van der Waals surface area (Å²) in [5, 5.41) is 0. The molecule has 0 spiro atoms. The summed E-state index contributed by atoms with van der Waals surface area (Å²) in [4.78, 5) is 12.3. The number of hydrogen-bond acceptors (Lipinski definition) is 2. The van der Waals surface area contributed by atoms with Gasteiger partial charge in [0, 0.05) is 23.6 Å². The van der Waals surface area contributed by atoms with E-state index in [1.54, 1.807) is 6.07 Å². The zero-order valence-corrected chi connectivity index (χ0v) is 17.8. The molecule has 0 fully saturated rings. The fourth-order valence-electron chi connectivity index (χ4n) is 3.18. The lowest BCUT2D eigenvalue weighted by atomic mass is 9.99.